The second kappa shape index (κ2) is 8.56. The van der Waals surface area contributed by atoms with E-state index in [0.717, 1.165) is 32.2 Å². The van der Waals surface area contributed by atoms with Gasteiger partial charge in [-0.15, -0.1) is 0 Å². The van der Waals surface area contributed by atoms with Crippen molar-refractivity contribution in [2.24, 2.45) is 11.8 Å². The van der Waals surface area contributed by atoms with Gasteiger partial charge in [-0.05, 0) is 58.3 Å². The van der Waals surface area contributed by atoms with Gasteiger partial charge in [0.15, 0.2) is 0 Å². The van der Waals surface area contributed by atoms with E-state index >= 15 is 0 Å². The zero-order valence-corrected chi connectivity index (χ0v) is 15.9. The Morgan fingerprint density at radius 3 is 2.40 bits per heavy atom. The number of rotatable bonds is 5. The average Bonchev–Trinajstić information content (AvgIpc) is 2.49. The van der Waals surface area contributed by atoms with Crippen LogP contribution >= 0.6 is 11.6 Å². The second-order valence-electron chi connectivity index (χ2n) is 7.59. The predicted molar refractivity (Wildman–Crippen MR) is 99.6 cm³/mol. The Hall–Kier alpha value is -1.76. The van der Waals surface area contributed by atoms with Crippen molar-refractivity contribution in [3.8, 4) is 0 Å². The number of amides is 1. The van der Waals surface area contributed by atoms with Crippen molar-refractivity contribution in [2.45, 2.75) is 52.1 Å². The van der Waals surface area contributed by atoms with Crippen LogP contribution in [0.5, 0.6) is 0 Å². The van der Waals surface area contributed by atoms with Gasteiger partial charge in [-0.1, -0.05) is 11.6 Å². The average molecular weight is 370 g/mol. The lowest BCUT2D eigenvalue weighted by Crippen LogP contribution is -2.36. The molecule has 25 heavy (non-hydrogen) atoms. The zero-order valence-electron chi connectivity index (χ0n) is 15.1. The summed E-state index contributed by atoms with van der Waals surface area (Å²) in [5, 5.41) is 6.42. The number of carbonyl (C=O) groups is 1. The van der Waals surface area contributed by atoms with Crippen molar-refractivity contribution in [1.82, 2.24) is 15.3 Å². The quantitative estimate of drug-likeness (QED) is 0.687. The molecule has 1 aromatic heterocycles. The lowest BCUT2D eigenvalue weighted by Gasteiger charge is -2.29. The molecule has 7 nitrogen and oxygen atoms in total. The van der Waals surface area contributed by atoms with Gasteiger partial charge in [0.1, 0.15) is 16.6 Å². The number of hydrogen-bond donors (Lipinski definition) is 3. The van der Waals surface area contributed by atoms with Crippen molar-refractivity contribution in [3.05, 3.63) is 11.2 Å². The molecule has 0 bridgehead atoms. The van der Waals surface area contributed by atoms with Crippen LogP contribution < -0.4 is 16.4 Å². The van der Waals surface area contributed by atoms with E-state index in [0.29, 0.717) is 35.3 Å². The summed E-state index contributed by atoms with van der Waals surface area (Å²) >= 11 is 5.88. The number of halogens is 1. The van der Waals surface area contributed by atoms with Crippen LogP contribution in [0.15, 0.2) is 6.07 Å². The normalized spacial score (nSPS) is 20.8. The first-order chi connectivity index (χ1) is 11.7. The smallest absolute Gasteiger partial charge is 0.407 e. The molecule has 0 unspecified atom stereocenters. The fraction of sp³-hybridized carbons (Fsp3) is 0.706. The van der Waals surface area contributed by atoms with Crippen molar-refractivity contribution in [2.75, 3.05) is 24.1 Å². The molecule has 1 aromatic rings. The minimum Gasteiger partial charge on any atom is -0.444 e. The van der Waals surface area contributed by atoms with Gasteiger partial charge in [0.25, 0.3) is 0 Å². The fourth-order valence-electron chi connectivity index (χ4n) is 2.93. The SMILES string of the molecule is CC(C)(C)OC(=O)NC[C@H]1CC[C@H](CNc2nc(N)cc(Cl)n2)CC1. The molecule has 1 aliphatic rings. The van der Waals surface area contributed by atoms with Crippen molar-refractivity contribution in [3.63, 3.8) is 0 Å². The van der Waals surface area contributed by atoms with Crippen LogP contribution in [0.4, 0.5) is 16.6 Å². The molecule has 1 fully saturated rings. The van der Waals surface area contributed by atoms with E-state index in [1.165, 1.54) is 6.07 Å². The summed E-state index contributed by atoms with van der Waals surface area (Å²) in [5.41, 5.74) is 5.20. The van der Waals surface area contributed by atoms with Crippen molar-refractivity contribution < 1.29 is 9.53 Å². The Morgan fingerprint density at radius 2 is 1.84 bits per heavy atom. The number of nitrogen functional groups attached to an aromatic ring is 1. The predicted octanol–water partition coefficient (Wildman–Crippen LogP) is 3.46. The topological polar surface area (TPSA) is 102 Å². The number of nitrogens with zero attached hydrogens (tertiary/aromatic N) is 2. The highest BCUT2D eigenvalue weighted by Crippen LogP contribution is 2.28. The standard InChI is InChI=1S/C17H28ClN5O2/c1-17(2,3)25-16(24)21-10-12-6-4-11(5-7-12)9-20-15-22-13(18)8-14(19)23-15/h8,11-12H,4-7,9-10H2,1-3H3,(H,21,24)(H3,19,20,22,23)/t11-,12-. The van der Waals surface area contributed by atoms with E-state index in [9.17, 15) is 4.79 Å². The van der Waals surface area contributed by atoms with Crippen molar-refractivity contribution >= 4 is 29.5 Å². The van der Waals surface area contributed by atoms with Gasteiger partial charge >= 0.3 is 6.09 Å². The minimum atomic E-state index is -0.459. The van der Waals surface area contributed by atoms with Gasteiger partial charge in [0, 0.05) is 19.2 Å². The summed E-state index contributed by atoms with van der Waals surface area (Å²) in [7, 11) is 0. The van der Waals surface area contributed by atoms with E-state index in [1.807, 2.05) is 20.8 Å². The highest BCUT2D eigenvalue weighted by molar-refractivity contribution is 6.29. The van der Waals surface area contributed by atoms with Crippen LogP contribution in [0, 0.1) is 11.8 Å². The third-order valence-corrected chi connectivity index (χ3v) is 4.36. The largest absolute Gasteiger partial charge is 0.444 e. The van der Waals surface area contributed by atoms with Gasteiger partial charge < -0.3 is 21.1 Å². The maximum atomic E-state index is 11.7. The minimum absolute atomic E-state index is 0.340. The molecular weight excluding hydrogens is 342 g/mol. The van der Waals surface area contributed by atoms with Gasteiger partial charge in [-0.25, -0.2) is 9.78 Å². The number of nitrogens with two attached hydrogens (primary N) is 1. The number of nitrogens with one attached hydrogen (secondary N) is 2. The number of hydrogen-bond acceptors (Lipinski definition) is 6. The summed E-state index contributed by atoms with van der Waals surface area (Å²) < 4.78 is 5.26. The molecule has 0 radical (unpaired) electrons. The Labute approximate surface area is 154 Å². The molecule has 0 aromatic carbocycles. The second-order valence-corrected chi connectivity index (χ2v) is 7.98. The number of anilines is 2. The summed E-state index contributed by atoms with van der Waals surface area (Å²) in [6.07, 6.45) is 4.03. The molecule has 1 amide bonds. The Balaban J connectivity index is 1.67. The molecule has 1 heterocycles. The number of ether oxygens (including phenoxy) is 1. The summed E-state index contributed by atoms with van der Waals surface area (Å²) in [4.78, 5) is 19.9. The number of alkyl carbamates (subject to hydrolysis) is 1. The maximum absolute atomic E-state index is 11.7. The Morgan fingerprint density at radius 1 is 1.24 bits per heavy atom. The van der Waals surface area contributed by atoms with E-state index in [1.54, 1.807) is 0 Å². The monoisotopic (exact) mass is 369 g/mol. The Kier molecular flexibility index (Phi) is 6.70. The van der Waals surface area contributed by atoms with E-state index in [-0.39, 0.29) is 6.09 Å². The fourth-order valence-corrected chi connectivity index (χ4v) is 3.12. The van der Waals surface area contributed by atoms with Crippen molar-refractivity contribution in [1.29, 1.82) is 0 Å². The summed E-state index contributed by atoms with van der Waals surface area (Å²) in [6.45, 7) is 7.06. The highest BCUT2D eigenvalue weighted by Gasteiger charge is 2.23. The molecular formula is C17H28ClN5O2. The first-order valence-corrected chi connectivity index (χ1v) is 9.10. The molecule has 0 saturated heterocycles. The van der Waals surface area contributed by atoms with Gasteiger partial charge in [0.2, 0.25) is 5.95 Å². The first kappa shape index (κ1) is 19.6. The molecule has 0 spiro atoms. The molecule has 4 N–H and O–H groups in total. The number of carbonyl (C=O) groups excluding carboxylic acids is 1. The maximum Gasteiger partial charge on any atom is 0.407 e. The van der Waals surface area contributed by atoms with Crippen LogP contribution in [-0.4, -0.2) is 34.8 Å². The molecule has 8 heteroatoms. The third-order valence-electron chi connectivity index (χ3n) is 4.16. The summed E-state index contributed by atoms with van der Waals surface area (Å²) in [6, 6.07) is 1.52. The number of aromatic nitrogens is 2. The molecule has 2 rings (SSSR count). The van der Waals surface area contributed by atoms with Crippen LogP contribution in [0.2, 0.25) is 5.15 Å². The van der Waals surface area contributed by atoms with E-state index in [4.69, 9.17) is 22.1 Å². The zero-order chi connectivity index (χ0) is 18.4. The summed E-state index contributed by atoms with van der Waals surface area (Å²) in [5.74, 6) is 1.89. The molecule has 1 saturated carbocycles. The molecule has 1 aliphatic carbocycles. The molecule has 140 valence electrons. The molecule has 0 aliphatic heterocycles. The van der Waals surface area contributed by atoms with E-state index < -0.39 is 5.60 Å². The van der Waals surface area contributed by atoms with Crippen LogP contribution in [-0.2, 0) is 4.74 Å². The van der Waals surface area contributed by atoms with Crippen LogP contribution in [0.1, 0.15) is 46.5 Å². The highest BCUT2D eigenvalue weighted by atomic mass is 35.5. The lowest BCUT2D eigenvalue weighted by atomic mass is 9.82. The third kappa shape index (κ3) is 7.34. The lowest BCUT2D eigenvalue weighted by molar-refractivity contribution is 0.0513. The van der Waals surface area contributed by atoms with Crippen LogP contribution in [0.3, 0.4) is 0 Å². The molecule has 0 atom stereocenters. The van der Waals surface area contributed by atoms with Gasteiger partial charge in [-0.2, -0.15) is 4.98 Å². The van der Waals surface area contributed by atoms with Gasteiger partial charge in [-0.3, -0.25) is 0 Å². The van der Waals surface area contributed by atoms with Crippen LogP contribution in [0.25, 0.3) is 0 Å². The van der Waals surface area contributed by atoms with E-state index in [2.05, 4.69) is 20.6 Å². The first-order valence-electron chi connectivity index (χ1n) is 8.72. The Bertz CT molecular complexity index is 563. The van der Waals surface area contributed by atoms with Gasteiger partial charge in [0.05, 0.1) is 0 Å².